The van der Waals surface area contributed by atoms with Crippen LogP contribution >= 0.6 is 0 Å². The number of allylic oxidation sites excluding steroid dienone is 1. The van der Waals surface area contributed by atoms with Gasteiger partial charge in [0.2, 0.25) is 0 Å². The van der Waals surface area contributed by atoms with Crippen LogP contribution in [0.15, 0.2) is 36.3 Å². The lowest BCUT2D eigenvalue weighted by Gasteiger charge is -2.16. The molecular weight excluding hydrogens is 220 g/mol. The lowest BCUT2D eigenvalue weighted by atomic mass is 9.89. The van der Waals surface area contributed by atoms with Crippen LogP contribution in [0, 0.1) is 5.92 Å². The minimum atomic E-state index is 0.742. The summed E-state index contributed by atoms with van der Waals surface area (Å²) in [4.78, 5) is 7.35. The Kier molecular flexibility index (Phi) is 3.29. The largest absolute Gasteiger partial charge is 0.345 e. The van der Waals surface area contributed by atoms with Crippen LogP contribution < -0.4 is 0 Å². The quantitative estimate of drug-likeness (QED) is 0.776. The van der Waals surface area contributed by atoms with E-state index in [9.17, 15) is 0 Å². The predicted molar refractivity (Wildman–Crippen MR) is 75.2 cm³/mol. The molecule has 1 aliphatic carbocycles. The Balaban J connectivity index is 1.75. The number of benzene rings is 1. The molecule has 0 unspecified atom stereocenters. The molecule has 1 aromatic carbocycles. The van der Waals surface area contributed by atoms with E-state index < -0.39 is 0 Å². The Morgan fingerprint density at radius 2 is 2.11 bits per heavy atom. The van der Waals surface area contributed by atoms with Crippen LogP contribution in [0.2, 0.25) is 0 Å². The Morgan fingerprint density at radius 3 is 3.00 bits per heavy atom. The molecule has 18 heavy (non-hydrogen) atoms. The number of hydrogen-bond donors (Lipinski definition) is 1. The van der Waals surface area contributed by atoms with E-state index >= 15 is 0 Å². The van der Waals surface area contributed by atoms with Crippen LogP contribution in [-0.4, -0.2) is 9.97 Å². The average Bonchev–Trinajstić information content (AvgIpc) is 2.87. The molecule has 92 valence electrons. The molecule has 0 bridgehead atoms. The van der Waals surface area contributed by atoms with Crippen LogP contribution in [0.25, 0.3) is 17.1 Å². The van der Waals surface area contributed by atoms with Crippen molar-refractivity contribution in [2.75, 3.05) is 0 Å². The van der Waals surface area contributed by atoms with E-state index in [1.807, 2.05) is 6.07 Å². The van der Waals surface area contributed by atoms with Gasteiger partial charge in [0, 0.05) is 0 Å². The van der Waals surface area contributed by atoms with Crippen molar-refractivity contribution >= 4 is 17.1 Å². The van der Waals surface area contributed by atoms with Crippen molar-refractivity contribution in [3.05, 3.63) is 41.9 Å². The molecule has 0 spiro atoms. The van der Waals surface area contributed by atoms with Gasteiger partial charge in [-0.25, -0.2) is 4.98 Å². The number of fused-ring (bicyclic) bond motifs is 1. The molecule has 1 N–H and O–H groups in total. The number of H-pyrrole nitrogens is 1. The lowest BCUT2D eigenvalue weighted by Crippen LogP contribution is -2.01. The van der Waals surface area contributed by atoms with Crippen LogP contribution in [0.4, 0.5) is 0 Å². The first-order valence-corrected chi connectivity index (χ1v) is 6.77. The number of aromatic amines is 1. The van der Waals surface area contributed by atoms with Gasteiger partial charge >= 0.3 is 0 Å². The summed E-state index contributed by atoms with van der Waals surface area (Å²) in [6, 6.07) is 6.24. The summed E-state index contributed by atoms with van der Waals surface area (Å²) in [5.41, 5.74) is 6.63. The van der Waals surface area contributed by atoms with Gasteiger partial charge < -0.3 is 4.98 Å². The highest BCUT2D eigenvalue weighted by molar-refractivity contribution is 5.77. The Bertz CT molecular complexity index is 582. The number of hydrogen-bond acceptors (Lipinski definition) is 1. The Hall–Kier alpha value is -1.79. The standard InChI is InChI=1S/C16H18N2/c1-2-5-13(6-3-1)7-4-8-14-9-10-15-16(11-14)18-12-17-15/h7-13H,1-3,5-6H2,(H,17,18). The number of aromatic nitrogens is 2. The van der Waals surface area contributed by atoms with Gasteiger partial charge in [-0.1, -0.05) is 25.3 Å². The van der Waals surface area contributed by atoms with E-state index in [1.165, 1.54) is 37.7 Å². The fraction of sp³-hybridized carbons (Fsp3) is 0.375. The maximum Gasteiger partial charge on any atom is 0.0931 e. The van der Waals surface area contributed by atoms with Crippen molar-refractivity contribution in [3.63, 3.8) is 0 Å². The lowest BCUT2D eigenvalue weighted by molar-refractivity contribution is 0.420. The summed E-state index contributed by atoms with van der Waals surface area (Å²) in [5, 5.41) is 0. The smallest absolute Gasteiger partial charge is 0.0931 e. The predicted octanol–water partition coefficient (Wildman–Crippen LogP) is 4.31. The van der Waals surface area contributed by atoms with Crippen molar-refractivity contribution in [1.82, 2.24) is 9.97 Å². The molecule has 2 aromatic rings. The number of imidazole rings is 1. The SMILES string of the molecule is C(=Cc1ccc2nc[nH]c2c1)=CC1CCCCC1. The summed E-state index contributed by atoms with van der Waals surface area (Å²) in [5.74, 6) is 0.742. The summed E-state index contributed by atoms with van der Waals surface area (Å²) in [6.45, 7) is 0. The summed E-state index contributed by atoms with van der Waals surface area (Å²) >= 11 is 0. The second-order valence-electron chi connectivity index (χ2n) is 5.05. The Morgan fingerprint density at radius 1 is 1.22 bits per heavy atom. The monoisotopic (exact) mass is 238 g/mol. The van der Waals surface area contributed by atoms with Crippen molar-refractivity contribution in [2.24, 2.45) is 5.92 Å². The molecule has 0 amide bonds. The highest BCUT2D eigenvalue weighted by Crippen LogP contribution is 2.24. The average molecular weight is 238 g/mol. The molecule has 1 fully saturated rings. The van der Waals surface area contributed by atoms with Gasteiger partial charge in [0.15, 0.2) is 0 Å². The van der Waals surface area contributed by atoms with Gasteiger partial charge in [-0.15, -0.1) is 5.73 Å². The second-order valence-corrected chi connectivity index (χ2v) is 5.05. The zero-order valence-electron chi connectivity index (χ0n) is 10.5. The first-order chi connectivity index (χ1) is 8.92. The zero-order chi connectivity index (χ0) is 12.2. The van der Waals surface area contributed by atoms with Gasteiger partial charge in [-0.05, 0) is 48.6 Å². The highest BCUT2D eigenvalue weighted by Gasteiger charge is 2.09. The summed E-state index contributed by atoms with van der Waals surface area (Å²) in [6.07, 6.45) is 12.9. The molecule has 1 aromatic heterocycles. The molecule has 1 saturated carbocycles. The molecule has 1 heterocycles. The number of nitrogens with one attached hydrogen (secondary N) is 1. The van der Waals surface area contributed by atoms with Gasteiger partial charge in [0.05, 0.1) is 17.4 Å². The molecule has 3 rings (SSSR count). The second kappa shape index (κ2) is 5.24. The van der Waals surface area contributed by atoms with Gasteiger partial charge in [-0.3, -0.25) is 0 Å². The molecule has 2 nitrogen and oxygen atoms in total. The maximum atomic E-state index is 4.22. The first-order valence-electron chi connectivity index (χ1n) is 6.77. The Labute approximate surface area is 107 Å². The normalized spacial score (nSPS) is 16.4. The number of nitrogens with zero attached hydrogens (tertiary/aromatic N) is 1. The van der Waals surface area contributed by atoms with Crippen LogP contribution in [0.5, 0.6) is 0 Å². The van der Waals surface area contributed by atoms with Crippen molar-refractivity contribution < 1.29 is 0 Å². The van der Waals surface area contributed by atoms with E-state index in [0.29, 0.717) is 0 Å². The fourth-order valence-corrected chi connectivity index (χ4v) is 2.62. The van der Waals surface area contributed by atoms with E-state index in [1.54, 1.807) is 6.33 Å². The van der Waals surface area contributed by atoms with Crippen molar-refractivity contribution in [3.8, 4) is 0 Å². The van der Waals surface area contributed by atoms with E-state index in [0.717, 1.165) is 17.0 Å². The third kappa shape index (κ3) is 2.55. The molecule has 2 heteroatoms. The van der Waals surface area contributed by atoms with Crippen LogP contribution in [0.3, 0.4) is 0 Å². The van der Waals surface area contributed by atoms with Crippen LogP contribution in [0.1, 0.15) is 37.7 Å². The summed E-state index contributed by atoms with van der Waals surface area (Å²) < 4.78 is 0. The summed E-state index contributed by atoms with van der Waals surface area (Å²) in [7, 11) is 0. The molecule has 0 atom stereocenters. The third-order valence-electron chi connectivity index (χ3n) is 3.68. The minimum Gasteiger partial charge on any atom is -0.345 e. The maximum absolute atomic E-state index is 4.22. The minimum absolute atomic E-state index is 0.742. The van der Waals surface area contributed by atoms with E-state index in [4.69, 9.17) is 0 Å². The molecule has 0 saturated heterocycles. The zero-order valence-corrected chi connectivity index (χ0v) is 10.5. The molecule has 0 aliphatic heterocycles. The molecular formula is C16H18N2. The van der Waals surface area contributed by atoms with Crippen LogP contribution in [-0.2, 0) is 0 Å². The number of rotatable bonds is 2. The third-order valence-corrected chi connectivity index (χ3v) is 3.68. The fourth-order valence-electron chi connectivity index (χ4n) is 2.62. The van der Waals surface area contributed by atoms with Gasteiger partial charge in [-0.2, -0.15) is 0 Å². The van der Waals surface area contributed by atoms with E-state index in [2.05, 4.69) is 40.0 Å². The van der Waals surface area contributed by atoms with Gasteiger partial charge in [0.1, 0.15) is 0 Å². The molecule has 0 radical (unpaired) electrons. The topological polar surface area (TPSA) is 28.7 Å². The van der Waals surface area contributed by atoms with Crippen molar-refractivity contribution in [2.45, 2.75) is 32.1 Å². The van der Waals surface area contributed by atoms with Gasteiger partial charge in [0.25, 0.3) is 0 Å². The van der Waals surface area contributed by atoms with E-state index in [-0.39, 0.29) is 0 Å². The first kappa shape index (κ1) is 11.3. The molecule has 1 aliphatic rings. The van der Waals surface area contributed by atoms with Crippen molar-refractivity contribution in [1.29, 1.82) is 0 Å². The highest BCUT2D eigenvalue weighted by atomic mass is 14.9.